The molecule has 0 heterocycles. The van der Waals surface area contributed by atoms with Gasteiger partial charge in [0.25, 0.3) is 0 Å². The molecule has 0 aromatic carbocycles. The van der Waals surface area contributed by atoms with E-state index in [1.807, 2.05) is 41.5 Å². The van der Waals surface area contributed by atoms with Crippen molar-refractivity contribution in [2.75, 3.05) is 14.2 Å². The summed E-state index contributed by atoms with van der Waals surface area (Å²) in [6.07, 6.45) is 6.46. The molecule has 140 valence electrons. The summed E-state index contributed by atoms with van der Waals surface area (Å²) < 4.78 is 11.0. The number of hydrogen-bond donors (Lipinski definition) is 0. The molecule has 0 saturated carbocycles. The summed E-state index contributed by atoms with van der Waals surface area (Å²) >= 11 is 0. The van der Waals surface area contributed by atoms with Crippen molar-refractivity contribution in [2.45, 2.75) is 41.5 Å². The zero-order valence-electron chi connectivity index (χ0n) is 16.9. The van der Waals surface area contributed by atoms with Crippen LogP contribution in [0.1, 0.15) is 41.5 Å². The molecule has 0 radical (unpaired) electrons. The number of methoxy groups -OCH3 is 2. The first-order chi connectivity index (χ1) is 11.9. The quantitative estimate of drug-likeness (QED) is 0.686. The molecule has 0 amide bonds. The van der Waals surface area contributed by atoms with E-state index in [0.717, 1.165) is 11.1 Å². The van der Waals surface area contributed by atoms with Crippen LogP contribution in [0.25, 0.3) is 0 Å². The maximum Gasteiger partial charge on any atom is 0.187 e. The lowest BCUT2D eigenvalue weighted by atomic mass is 9.78. The average Bonchev–Trinajstić information content (AvgIpc) is 2.53. The first-order valence-electron chi connectivity index (χ1n) is 8.69. The molecule has 2 aliphatic rings. The van der Waals surface area contributed by atoms with Crippen LogP contribution >= 0.6 is 0 Å². The van der Waals surface area contributed by atoms with Gasteiger partial charge in [-0.3, -0.25) is 9.59 Å². The molecule has 0 saturated heterocycles. The van der Waals surface area contributed by atoms with Crippen LogP contribution in [0, 0.1) is 10.8 Å². The summed E-state index contributed by atoms with van der Waals surface area (Å²) in [5.74, 6) is 0.813. The highest BCUT2D eigenvalue weighted by atomic mass is 16.5. The van der Waals surface area contributed by atoms with Gasteiger partial charge in [0.2, 0.25) is 0 Å². The molecule has 0 aromatic heterocycles. The van der Waals surface area contributed by atoms with Crippen LogP contribution in [0.5, 0.6) is 0 Å². The van der Waals surface area contributed by atoms with Gasteiger partial charge in [0.1, 0.15) is 11.5 Å². The molecule has 0 N–H and O–H groups in total. The molecule has 26 heavy (non-hydrogen) atoms. The number of hydrogen-bond acceptors (Lipinski definition) is 4. The van der Waals surface area contributed by atoms with E-state index in [0.29, 0.717) is 22.7 Å². The van der Waals surface area contributed by atoms with Gasteiger partial charge in [-0.2, -0.15) is 0 Å². The molecule has 4 nitrogen and oxygen atoms in total. The molecule has 0 spiro atoms. The third-order valence-corrected chi connectivity index (χ3v) is 4.51. The van der Waals surface area contributed by atoms with Crippen LogP contribution in [0.2, 0.25) is 0 Å². The van der Waals surface area contributed by atoms with Gasteiger partial charge in [-0.05, 0) is 35.1 Å². The molecule has 0 fully saturated rings. The SMILES string of the molecule is COC1=C/C(=C2/C=C(OC)C(C(C)(C)C)=CC2=O)C(=O)C=C1C(C)(C)C. The second kappa shape index (κ2) is 6.75. The highest BCUT2D eigenvalue weighted by Crippen LogP contribution is 2.39. The summed E-state index contributed by atoms with van der Waals surface area (Å²) in [4.78, 5) is 25.5. The first-order valence-corrected chi connectivity index (χ1v) is 8.69. The van der Waals surface area contributed by atoms with E-state index in [1.165, 1.54) is 0 Å². The minimum absolute atomic E-state index is 0.196. The lowest BCUT2D eigenvalue weighted by Gasteiger charge is -2.29. The molecular formula is C22H28O4. The van der Waals surface area contributed by atoms with Crippen LogP contribution in [0.3, 0.4) is 0 Å². The highest BCUT2D eigenvalue weighted by Gasteiger charge is 2.32. The van der Waals surface area contributed by atoms with E-state index >= 15 is 0 Å². The Kier molecular flexibility index (Phi) is 5.18. The van der Waals surface area contributed by atoms with Crippen LogP contribution in [0.15, 0.2) is 58.1 Å². The number of ether oxygens (including phenoxy) is 2. The van der Waals surface area contributed by atoms with Crippen molar-refractivity contribution in [3.8, 4) is 0 Å². The smallest absolute Gasteiger partial charge is 0.187 e. The Labute approximate surface area is 155 Å². The van der Waals surface area contributed by atoms with Gasteiger partial charge in [-0.25, -0.2) is 0 Å². The summed E-state index contributed by atoms with van der Waals surface area (Å²) in [6, 6.07) is 0. The first kappa shape index (κ1) is 20.0. The Morgan fingerprint density at radius 2 is 0.923 bits per heavy atom. The minimum atomic E-state index is -0.239. The highest BCUT2D eigenvalue weighted by molar-refractivity contribution is 6.18. The molecule has 2 aliphatic carbocycles. The average molecular weight is 356 g/mol. The van der Waals surface area contributed by atoms with E-state index in [-0.39, 0.29) is 22.4 Å². The van der Waals surface area contributed by atoms with Crippen molar-refractivity contribution in [1.82, 2.24) is 0 Å². The van der Waals surface area contributed by atoms with Gasteiger partial charge in [0.15, 0.2) is 11.6 Å². The van der Waals surface area contributed by atoms with E-state index in [2.05, 4.69) is 0 Å². The van der Waals surface area contributed by atoms with Gasteiger partial charge in [0, 0.05) is 22.3 Å². The van der Waals surface area contributed by atoms with E-state index in [9.17, 15) is 9.59 Å². The summed E-state index contributed by atoms with van der Waals surface area (Å²) in [5.41, 5.74) is 1.82. The van der Waals surface area contributed by atoms with Gasteiger partial charge in [-0.15, -0.1) is 0 Å². The van der Waals surface area contributed by atoms with Crippen LogP contribution in [-0.4, -0.2) is 25.8 Å². The fraction of sp³-hybridized carbons (Fsp3) is 0.455. The molecule has 0 unspecified atom stereocenters. The monoisotopic (exact) mass is 356 g/mol. The summed E-state index contributed by atoms with van der Waals surface area (Å²) in [6.45, 7) is 12.1. The second-order valence-corrected chi connectivity index (χ2v) is 8.60. The fourth-order valence-electron chi connectivity index (χ4n) is 3.05. The maximum atomic E-state index is 12.8. The minimum Gasteiger partial charge on any atom is -0.496 e. The Bertz CT molecular complexity index is 732. The van der Waals surface area contributed by atoms with Crippen molar-refractivity contribution in [3.63, 3.8) is 0 Å². The molecule has 0 aromatic rings. The van der Waals surface area contributed by atoms with Crippen LogP contribution in [0.4, 0.5) is 0 Å². The maximum absolute atomic E-state index is 12.8. The van der Waals surface area contributed by atoms with Crippen molar-refractivity contribution in [3.05, 3.63) is 58.1 Å². The van der Waals surface area contributed by atoms with E-state index in [1.54, 1.807) is 38.5 Å². The van der Waals surface area contributed by atoms with Gasteiger partial charge in [-0.1, -0.05) is 41.5 Å². The Balaban J connectivity index is 2.62. The fourth-order valence-corrected chi connectivity index (χ4v) is 3.05. The van der Waals surface area contributed by atoms with Crippen LogP contribution in [-0.2, 0) is 19.1 Å². The van der Waals surface area contributed by atoms with Crippen LogP contribution < -0.4 is 0 Å². The van der Waals surface area contributed by atoms with E-state index in [4.69, 9.17) is 9.47 Å². The predicted molar refractivity (Wildman–Crippen MR) is 102 cm³/mol. The third-order valence-electron chi connectivity index (χ3n) is 4.51. The van der Waals surface area contributed by atoms with Crippen molar-refractivity contribution < 1.29 is 19.1 Å². The lowest BCUT2D eigenvalue weighted by molar-refractivity contribution is -0.113. The van der Waals surface area contributed by atoms with E-state index < -0.39 is 0 Å². The molecule has 0 bridgehead atoms. The normalized spacial score (nSPS) is 21.7. The zero-order valence-corrected chi connectivity index (χ0v) is 16.9. The number of rotatable bonds is 2. The number of carbonyl (C=O) groups excluding carboxylic acids is 2. The Morgan fingerprint density at radius 1 is 0.615 bits per heavy atom. The van der Waals surface area contributed by atoms with Gasteiger partial charge < -0.3 is 9.47 Å². The lowest BCUT2D eigenvalue weighted by Crippen LogP contribution is -2.22. The predicted octanol–water partition coefficient (Wildman–Crippen LogP) is 4.45. The largest absolute Gasteiger partial charge is 0.496 e. The topological polar surface area (TPSA) is 52.6 Å². The summed E-state index contributed by atoms with van der Waals surface area (Å²) in [7, 11) is 3.14. The standard InChI is InChI=1S/C22H28O4/c1-21(2,3)15-11-17(23)13(9-19(15)25-7)14-10-20(26-8)16(12-18(14)24)22(4,5)6/h9-12H,1-8H3/b14-13+. The van der Waals surface area contributed by atoms with Crippen molar-refractivity contribution in [2.24, 2.45) is 10.8 Å². The Morgan fingerprint density at radius 3 is 1.15 bits per heavy atom. The molecule has 2 rings (SSSR count). The third kappa shape index (κ3) is 3.74. The van der Waals surface area contributed by atoms with Crippen molar-refractivity contribution >= 4 is 11.6 Å². The molecule has 0 atom stereocenters. The Hall–Kier alpha value is -2.36. The number of carbonyl (C=O) groups is 2. The molecule has 0 aliphatic heterocycles. The molecular weight excluding hydrogens is 328 g/mol. The second-order valence-electron chi connectivity index (χ2n) is 8.60. The molecule has 4 heteroatoms. The summed E-state index contributed by atoms with van der Waals surface area (Å²) in [5, 5.41) is 0. The number of ketones is 2. The van der Waals surface area contributed by atoms with Gasteiger partial charge in [0.05, 0.1) is 14.2 Å². The zero-order chi connectivity index (χ0) is 19.9. The van der Waals surface area contributed by atoms with Gasteiger partial charge >= 0.3 is 0 Å². The number of allylic oxidation sites excluding steroid dienone is 8. The van der Waals surface area contributed by atoms with Crippen molar-refractivity contribution in [1.29, 1.82) is 0 Å².